The molecule has 0 aromatic heterocycles. The van der Waals surface area contributed by atoms with Crippen LogP contribution in [0.3, 0.4) is 0 Å². The summed E-state index contributed by atoms with van der Waals surface area (Å²) in [7, 11) is 0. The van der Waals surface area contributed by atoms with Crippen LogP contribution in [-0.4, -0.2) is 32.0 Å². The summed E-state index contributed by atoms with van der Waals surface area (Å²) in [4.78, 5) is 0. The molecule has 1 aliphatic rings. The summed E-state index contributed by atoms with van der Waals surface area (Å²) in [5, 5.41) is 2.36. The Hall–Kier alpha value is -0.290. The van der Waals surface area contributed by atoms with Crippen LogP contribution in [-0.2, 0) is 4.74 Å². The van der Waals surface area contributed by atoms with Crippen LogP contribution in [0.2, 0.25) is 0 Å². The lowest BCUT2D eigenvalue weighted by molar-refractivity contribution is -0.125. The zero-order chi connectivity index (χ0) is 12.7. The van der Waals surface area contributed by atoms with Gasteiger partial charge >= 0.3 is 6.18 Å². The maximum atomic E-state index is 11.9. The second kappa shape index (κ2) is 7.21. The fraction of sp³-hybridized carbons (Fsp3) is 1.00. The van der Waals surface area contributed by atoms with Crippen molar-refractivity contribution in [1.82, 2.24) is 5.32 Å². The average Bonchev–Trinajstić information content (AvgIpc) is 2.26. The fourth-order valence-electron chi connectivity index (χ4n) is 2.13. The van der Waals surface area contributed by atoms with Gasteiger partial charge in [-0.05, 0) is 25.7 Å². The molecule has 1 N–H and O–H groups in total. The zero-order valence-corrected chi connectivity index (χ0v) is 10.4. The monoisotopic (exact) mass is 253 g/mol. The molecule has 102 valence electrons. The average molecular weight is 253 g/mol. The van der Waals surface area contributed by atoms with Gasteiger partial charge in [-0.15, -0.1) is 0 Å². The molecule has 0 saturated heterocycles. The molecule has 5 heteroatoms. The van der Waals surface area contributed by atoms with Crippen LogP contribution in [0.15, 0.2) is 0 Å². The number of hydrogen-bond donors (Lipinski definition) is 1. The smallest absolute Gasteiger partial charge is 0.377 e. The molecule has 1 rings (SSSR count). The summed E-state index contributed by atoms with van der Waals surface area (Å²) in [6.45, 7) is 1.82. The van der Waals surface area contributed by atoms with Crippen molar-refractivity contribution >= 4 is 0 Å². The highest BCUT2D eigenvalue weighted by Gasteiger charge is 2.26. The van der Waals surface area contributed by atoms with Gasteiger partial charge in [0.05, 0.1) is 12.6 Å². The van der Waals surface area contributed by atoms with E-state index in [0.717, 1.165) is 0 Å². The molecule has 0 bridgehead atoms. The van der Waals surface area contributed by atoms with E-state index in [4.69, 9.17) is 4.74 Å². The first-order valence-corrected chi connectivity index (χ1v) is 6.36. The predicted octanol–water partition coefficient (Wildman–Crippen LogP) is 3.12. The summed E-state index contributed by atoms with van der Waals surface area (Å²) in [5.74, 6) is 0.605. The van der Waals surface area contributed by atoms with Crippen LogP contribution in [0.4, 0.5) is 13.2 Å². The Kier molecular flexibility index (Phi) is 6.27. The topological polar surface area (TPSA) is 21.3 Å². The lowest BCUT2D eigenvalue weighted by atomic mass is 9.90. The predicted molar refractivity (Wildman–Crippen MR) is 60.9 cm³/mol. The van der Waals surface area contributed by atoms with E-state index in [9.17, 15) is 13.2 Å². The van der Waals surface area contributed by atoms with Gasteiger partial charge < -0.3 is 10.1 Å². The van der Waals surface area contributed by atoms with Crippen LogP contribution in [0.1, 0.15) is 39.0 Å². The fourth-order valence-corrected chi connectivity index (χ4v) is 2.13. The van der Waals surface area contributed by atoms with Gasteiger partial charge in [-0.1, -0.05) is 19.3 Å². The van der Waals surface area contributed by atoms with E-state index in [0.29, 0.717) is 12.5 Å². The standard InChI is InChI=1S/C12H22F3NO/c1-10(7-16-9-12(13,14)15)17-8-11-5-3-2-4-6-11/h10-11,16H,2-9H2,1H3. The number of rotatable bonds is 6. The van der Waals surface area contributed by atoms with Crippen molar-refractivity contribution in [3.8, 4) is 0 Å². The van der Waals surface area contributed by atoms with Gasteiger partial charge in [0.15, 0.2) is 0 Å². The van der Waals surface area contributed by atoms with Gasteiger partial charge in [0, 0.05) is 13.2 Å². The summed E-state index contributed by atoms with van der Waals surface area (Å²) < 4.78 is 41.2. The summed E-state index contributed by atoms with van der Waals surface area (Å²) in [6, 6.07) is 0. The van der Waals surface area contributed by atoms with Crippen molar-refractivity contribution in [2.24, 2.45) is 5.92 Å². The molecule has 1 aliphatic carbocycles. The van der Waals surface area contributed by atoms with Gasteiger partial charge in [-0.25, -0.2) is 0 Å². The van der Waals surface area contributed by atoms with Crippen molar-refractivity contribution in [2.75, 3.05) is 19.7 Å². The first kappa shape index (κ1) is 14.8. The van der Waals surface area contributed by atoms with Crippen LogP contribution in [0.25, 0.3) is 0 Å². The van der Waals surface area contributed by atoms with E-state index >= 15 is 0 Å². The second-order valence-corrected chi connectivity index (χ2v) is 4.89. The van der Waals surface area contributed by atoms with Gasteiger partial charge in [-0.2, -0.15) is 13.2 Å². The number of nitrogens with one attached hydrogen (secondary N) is 1. The molecular weight excluding hydrogens is 231 g/mol. The minimum absolute atomic E-state index is 0.153. The van der Waals surface area contributed by atoms with E-state index in [1.54, 1.807) is 0 Å². The summed E-state index contributed by atoms with van der Waals surface area (Å²) in [6.07, 6.45) is 1.93. The van der Waals surface area contributed by atoms with Crippen LogP contribution in [0, 0.1) is 5.92 Å². The molecule has 0 aromatic rings. The number of ether oxygens (including phenoxy) is 1. The van der Waals surface area contributed by atoms with Gasteiger partial charge in [0.1, 0.15) is 0 Å². The normalized spacial score (nSPS) is 20.5. The lowest BCUT2D eigenvalue weighted by Gasteiger charge is -2.23. The molecule has 0 spiro atoms. The molecule has 17 heavy (non-hydrogen) atoms. The second-order valence-electron chi connectivity index (χ2n) is 4.89. The zero-order valence-electron chi connectivity index (χ0n) is 10.4. The number of halogens is 3. The Bertz CT molecular complexity index is 202. The Labute approximate surface area is 101 Å². The molecule has 1 atom stereocenters. The van der Waals surface area contributed by atoms with Crippen molar-refractivity contribution in [2.45, 2.75) is 51.3 Å². The van der Waals surface area contributed by atoms with Gasteiger partial charge in [0.25, 0.3) is 0 Å². The van der Waals surface area contributed by atoms with E-state index in [-0.39, 0.29) is 12.6 Å². The van der Waals surface area contributed by atoms with Crippen LogP contribution < -0.4 is 5.32 Å². The number of hydrogen-bond acceptors (Lipinski definition) is 2. The van der Waals surface area contributed by atoms with E-state index in [1.165, 1.54) is 32.1 Å². The SMILES string of the molecule is CC(CNCC(F)(F)F)OCC1CCCCC1. The Morgan fingerprint density at radius 2 is 1.88 bits per heavy atom. The molecular formula is C12H22F3NO. The van der Waals surface area contributed by atoms with Crippen molar-refractivity contribution in [3.05, 3.63) is 0 Å². The molecule has 1 saturated carbocycles. The largest absolute Gasteiger partial charge is 0.401 e. The Balaban J connectivity index is 2.02. The van der Waals surface area contributed by atoms with Gasteiger partial charge in [-0.3, -0.25) is 0 Å². The molecule has 0 aromatic carbocycles. The Morgan fingerprint density at radius 3 is 2.47 bits per heavy atom. The third-order valence-corrected chi connectivity index (χ3v) is 3.10. The maximum absolute atomic E-state index is 11.9. The van der Waals surface area contributed by atoms with Crippen LogP contribution >= 0.6 is 0 Å². The highest BCUT2D eigenvalue weighted by atomic mass is 19.4. The molecule has 0 amide bonds. The molecule has 2 nitrogen and oxygen atoms in total. The third kappa shape index (κ3) is 7.60. The molecule has 1 unspecified atom stereocenters. The third-order valence-electron chi connectivity index (χ3n) is 3.10. The van der Waals surface area contributed by atoms with Crippen molar-refractivity contribution < 1.29 is 17.9 Å². The maximum Gasteiger partial charge on any atom is 0.401 e. The minimum Gasteiger partial charge on any atom is -0.377 e. The molecule has 1 fully saturated rings. The van der Waals surface area contributed by atoms with E-state index < -0.39 is 12.7 Å². The summed E-state index contributed by atoms with van der Waals surface area (Å²) in [5.41, 5.74) is 0. The number of alkyl halides is 3. The van der Waals surface area contributed by atoms with Crippen LogP contribution in [0.5, 0.6) is 0 Å². The molecule has 0 heterocycles. The quantitative estimate of drug-likeness (QED) is 0.785. The van der Waals surface area contributed by atoms with Crippen molar-refractivity contribution in [3.63, 3.8) is 0 Å². The van der Waals surface area contributed by atoms with Gasteiger partial charge in [0.2, 0.25) is 0 Å². The Morgan fingerprint density at radius 1 is 1.24 bits per heavy atom. The first-order valence-electron chi connectivity index (χ1n) is 6.36. The van der Waals surface area contributed by atoms with E-state index in [2.05, 4.69) is 5.32 Å². The first-order chi connectivity index (χ1) is 7.97. The summed E-state index contributed by atoms with van der Waals surface area (Å²) >= 11 is 0. The van der Waals surface area contributed by atoms with Crippen molar-refractivity contribution in [1.29, 1.82) is 0 Å². The lowest BCUT2D eigenvalue weighted by Crippen LogP contribution is -2.35. The highest BCUT2D eigenvalue weighted by Crippen LogP contribution is 2.23. The highest BCUT2D eigenvalue weighted by molar-refractivity contribution is 4.66. The van der Waals surface area contributed by atoms with E-state index in [1.807, 2.05) is 6.92 Å². The molecule has 0 radical (unpaired) electrons. The molecule has 0 aliphatic heterocycles. The minimum atomic E-state index is -4.14.